The number of unbranched alkanes of at least 4 members (excludes halogenated alkanes) is 1. The highest BCUT2D eigenvalue weighted by molar-refractivity contribution is 6.23. The number of aromatic nitrogens is 4. The average Bonchev–Trinajstić information content (AvgIpc) is 3.79. The molecular weight excluding hydrogens is 661 g/mol. The molecule has 0 amide bonds. The highest BCUT2D eigenvalue weighted by Gasteiger charge is 2.19. The Morgan fingerprint density at radius 3 is 1.93 bits per heavy atom. The quantitative estimate of drug-likeness (QED) is 0.159. The molecule has 0 aliphatic rings. The molecule has 0 radical (unpaired) electrons. The van der Waals surface area contributed by atoms with Crippen LogP contribution in [0.5, 0.6) is 0 Å². The fraction of sp³-hybridized carbons (Fsp3) is 0.0816. The van der Waals surface area contributed by atoms with E-state index in [4.69, 9.17) is 19.4 Å². The van der Waals surface area contributed by atoms with Gasteiger partial charge in [0.1, 0.15) is 11.2 Å². The molecule has 0 fully saturated rings. The molecule has 3 heterocycles. The molecule has 0 N–H and O–H groups in total. The SMILES string of the molecule is CCCCc1ccc(-c2cccc(-c3nc(-c4ccccc4)nc(-c4cccc(-n5c6ccccc6c6c7oc8ccccc8c7ccc65)c4)n3)c2)cc1. The lowest BCUT2D eigenvalue weighted by atomic mass is 10.00. The highest BCUT2D eigenvalue weighted by atomic mass is 16.3. The van der Waals surface area contributed by atoms with Gasteiger partial charge in [-0.3, -0.25) is 0 Å². The van der Waals surface area contributed by atoms with Crippen LogP contribution in [0.2, 0.25) is 0 Å². The van der Waals surface area contributed by atoms with E-state index in [2.05, 4.69) is 133 Å². The van der Waals surface area contributed by atoms with Crippen LogP contribution in [0.4, 0.5) is 0 Å². The van der Waals surface area contributed by atoms with Crippen molar-refractivity contribution in [1.82, 2.24) is 19.5 Å². The number of nitrogens with zero attached hydrogens (tertiary/aromatic N) is 4. The Morgan fingerprint density at radius 1 is 0.481 bits per heavy atom. The van der Waals surface area contributed by atoms with E-state index in [1.54, 1.807) is 0 Å². The van der Waals surface area contributed by atoms with Crippen LogP contribution < -0.4 is 0 Å². The molecule has 3 aromatic heterocycles. The van der Waals surface area contributed by atoms with Gasteiger partial charge >= 0.3 is 0 Å². The summed E-state index contributed by atoms with van der Waals surface area (Å²) in [5.74, 6) is 1.89. The molecule has 0 aliphatic heterocycles. The Bertz CT molecular complexity index is 2980. The van der Waals surface area contributed by atoms with Gasteiger partial charge in [0.05, 0.1) is 16.4 Å². The highest BCUT2D eigenvalue weighted by Crippen LogP contribution is 2.41. The number of hydrogen-bond acceptors (Lipinski definition) is 4. The van der Waals surface area contributed by atoms with Gasteiger partial charge in [0.25, 0.3) is 0 Å². The molecule has 0 saturated carbocycles. The molecule has 5 nitrogen and oxygen atoms in total. The van der Waals surface area contributed by atoms with E-state index >= 15 is 0 Å². The lowest BCUT2D eigenvalue weighted by Crippen LogP contribution is -2.01. The number of hydrogen-bond donors (Lipinski definition) is 0. The minimum atomic E-state index is 0.617. The topological polar surface area (TPSA) is 56.7 Å². The Labute approximate surface area is 313 Å². The molecule has 258 valence electrons. The number of aryl methyl sites for hydroxylation is 1. The zero-order valence-electron chi connectivity index (χ0n) is 29.9. The summed E-state index contributed by atoms with van der Waals surface area (Å²) in [6, 6.07) is 57.3. The molecule has 5 heteroatoms. The van der Waals surface area contributed by atoms with Crippen LogP contribution in [0.3, 0.4) is 0 Å². The first kappa shape index (κ1) is 31.9. The van der Waals surface area contributed by atoms with Gasteiger partial charge in [-0.15, -0.1) is 0 Å². The summed E-state index contributed by atoms with van der Waals surface area (Å²) in [5, 5.41) is 4.49. The van der Waals surface area contributed by atoms with Gasteiger partial charge in [-0.05, 0) is 72.0 Å². The third-order valence-electron chi connectivity index (χ3n) is 10.4. The average molecular weight is 697 g/mol. The summed E-state index contributed by atoms with van der Waals surface area (Å²) >= 11 is 0. The molecule has 54 heavy (non-hydrogen) atoms. The molecule has 7 aromatic carbocycles. The van der Waals surface area contributed by atoms with Crippen molar-refractivity contribution in [3.63, 3.8) is 0 Å². The second-order valence-electron chi connectivity index (χ2n) is 13.9. The van der Waals surface area contributed by atoms with Gasteiger partial charge in [-0.2, -0.15) is 0 Å². The third kappa shape index (κ3) is 5.53. The van der Waals surface area contributed by atoms with E-state index in [0.29, 0.717) is 17.5 Å². The predicted molar refractivity (Wildman–Crippen MR) is 222 cm³/mol. The van der Waals surface area contributed by atoms with E-state index < -0.39 is 0 Å². The van der Waals surface area contributed by atoms with Crippen molar-refractivity contribution in [2.75, 3.05) is 0 Å². The van der Waals surface area contributed by atoms with Crippen LogP contribution in [0.25, 0.3) is 94.7 Å². The second-order valence-corrected chi connectivity index (χ2v) is 13.9. The Balaban J connectivity index is 1.11. The van der Waals surface area contributed by atoms with Crippen molar-refractivity contribution in [2.24, 2.45) is 0 Å². The smallest absolute Gasteiger partial charge is 0.164 e. The number of furan rings is 1. The maximum Gasteiger partial charge on any atom is 0.164 e. The molecule has 0 spiro atoms. The zero-order valence-corrected chi connectivity index (χ0v) is 29.9. The number of para-hydroxylation sites is 2. The summed E-state index contributed by atoms with van der Waals surface area (Å²) in [5.41, 5.74) is 11.5. The number of rotatable bonds is 8. The van der Waals surface area contributed by atoms with Crippen LogP contribution in [-0.2, 0) is 6.42 Å². The van der Waals surface area contributed by atoms with Crippen molar-refractivity contribution >= 4 is 43.7 Å². The van der Waals surface area contributed by atoms with Gasteiger partial charge in [-0.25, -0.2) is 15.0 Å². The van der Waals surface area contributed by atoms with Crippen LogP contribution in [-0.4, -0.2) is 19.5 Å². The second kappa shape index (κ2) is 13.3. The Hall–Kier alpha value is -6.85. The van der Waals surface area contributed by atoms with Crippen molar-refractivity contribution in [2.45, 2.75) is 26.2 Å². The van der Waals surface area contributed by atoms with Crippen molar-refractivity contribution in [1.29, 1.82) is 0 Å². The van der Waals surface area contributed by atoms with E-state index in [-0.39, 0.29) is 0 Å². The molecule has 0 saturated heterocycles. The molecular formula is C49H36N4O. The first-order chi connectivity index (χ1) is 26.7. The van der Waals surface area contributed by atoms with Crippen molar-refractivity contribution < 1.29 is 4.42 Å². The monoisotopic (exact) mass is 696 g/mol. The van der Waals surface area contributed by atoms with Crippen molar-refractivity contribution in [3.8, 4) is 51.0 Å². The van der Waals surface area contributed by atoms with Gasteiger partial charge in [0.2, 0.25) is 0 Å². The van der Waals surface area contributed by atoms with Crippen LogP contribution in [0, 0.1) is 0 Å². The fourth-order valence-electron chi connectivity index (χ4n) is 7.73. The van der Waals surface area contributed by atoms with Gasteiger partial charge < -0.3 is 8.98 Å². The maximum absolute atomic E-state index is 6.54. The van der Waals surface area contributed by atoms with Crippen LogP contribution >= 0.6 is 0 Å². The Morgan fingerprint density at radius 2 is 1.13 bits per heavy atom. The molecule has 0 atom stereocenters. The lowest BCUT2D eigenvalue weighted by Gasteiger charge is -2.12. The van der Waals surface area contributed by atoms with Crippen LogP contribution in [0.1, 0.15) is 25.3 Å². The third-order valence-corrected chi connectivity index (χ3v) is 10.4. The maximum atomic E-state index is 6.54. The minimum absolute atomic E-state index is 0.617. The fourth-order valence-corrected chi connectivity index (χ4v) is 7.73. The first-order valence-corrected chi connectivity index (χ1v) is 18.7. The largest absolute Gasteiger partial charge is 0.455 e. The van der Waals surface area contributed by atoms with E-state index in [9.17, 15) is 0 Å². The summed E-state index contributed by atoms with van der Waals surface area (Å²) < 4.78 is 8.86. The molecule has 10 aromatic rings. The Kier molecular flexibility index (Phi) is 7.84. The predicted octanol–water partition coefficient (Wildman–Crippen LogP) is 12.9. The van der Waals surface area contributed by atoms with Gasteiger partial charge in [0.15, 0.2) is 17.5 Å². The summed E-state index contributed by atoms with van der Waals surface area (Å²) in [4.78, 5) is 15.3. The standard InChI is InChI=1S/C49H36N4O/c1-2-3-13-32-24-26-33(27-25-32)35-16-11-17-36(30-35)48-50-47(34-14-5-4-6-15-34)51-49(52-48)37-18-12-19-38(31-37)53-42-22-9-7-21-41(42)45-43(53)29-28-40-39-20-8-10-23-44(39)54-46(40)45/h4-12,14-31H,2-3,13H2,1H3. The van der Waals surface area contributed by atoms with E-state index in [0.717, 1.165) is 78.1 Å². The molecule has 0 bridgehead atoms. The zero-order chi connectivity index (χ0) is 36.0. The molecule has 0 aliphatic carbocycles. The van der Waals surface area contributed by atoms with E-state index in [1.807, 2.05) is 42.5 Å². The van der Waals surface area contributed by atoms with Gasteiger partial charge in [0, 0.05) is 38.5 Å². The van der Waals surface area contributed by atoms with Crippen molar-refractivity contribution in [3.05, 3.63) is 169 Å². The number of benzene rings is 7. The van der Waals surface area contributed by atoms with Crippen LogP contribution in [0.15, 0.2) is 168 Å². The normalized spacial score (nSPS) is 11.6. The van der Waals surface area contributed by atoms with Gasteiger partial charge in [-0.1, -0.05) is 135 Å². The summed E-state index contributed by atoms with van der Waals surface area (Å²) in [7, 11) is 0. The number of fused-ring (bicyclic) bond motifs is 7. The summed E-state index contributed by atoms with van der Waals surface area (Å²) in [6.45, 7) is 2.23. The lowest BCUT2D eigenvalue weighted by molar-refractivity contribution is 0.673. The molecule has 10 rings (SSSR count). The summed E-state index contributed by atoms with van der Waals surface area (Å²) in [6.07, 6.45) is 3.50. The first-order valence-electron chi connectivity index (χ1n) is 18.7. The van der Waals surface area contributed by atoms with E-state index in [1.165, 1.54) is 24.0 Å². The minimum Gasteiger partial charge on any atom is -0.455 e. The molecule has 0 unspecified atom stereocenters.